The van der Waals surface area contributed by atoms with Crippen molar-refractivity contribution in [1.29, 1.82) is 0 Å². The highest BCUT2D eigenvalue weighted by Gasteiger charge is 2.39. The third-order valence-electron chi connectivity index (χ3n) is 4.85. The summed E-state index contributed by atoms with van der Waals surface area (Å²) in [5.41, 5.74) is 0. The zero-order chi connectivity index (χ0) is 14.8. The molecule has 1 heterocycles. The first-order chi connectivity index (χ1) is 10.2. The molecule has 3 rings (SSSR count). The van der Waals surface area contributed by atoms with Crippen molar-refractivity contribution in [3.8, 4) is 0 Å². The quantitative estimate of drug-likeness (QED) is 0.790. The molecule has 0 aromatic rings. The molecule has 1 saturated heterocycles. The maximum absolute atomic E-state index is 12.0. The van der Waals surface area contributed by atoms with Crippen LogP contribution in [0.25, 0.3) is 0 Å². The number of ether oxygens (including phenoxy) is 1. The Bertz CT molecular complexity index is 411. The maximum atomic E-state index is 12.0. The first kappa shape index (κ1) is 14.6. The van der Waals surface area contributed by atoms with E-state index in [2.05, 4.69) is 10.6 Å². The fourth-order valence-corrected chi connectivity index (χ4v) is 3.51. The number of nitrogens with zero attached hydrogens (tertiary/aromatic N) is 1. The summed E-state index contributed by atoms with van der Waals surface area (Å²) < 4.78 is 5.37. The van der Waals surface area contributed by atoms with Gasteiger partial charge in [0.15, 0.2) is 0 Å². The Morgan fingerprint density at radius 3 is 2.86 bits per heavy atom. The second-order valence-corrected chi connectivity index (χ2v) is 6.51. The standard InChI is InChI=1S/C15H25N3O3/c1-21-13-4-2-3-12(13)17-15(20)16-8-10-7-14(19)18(9-10)11-5-6-11/h10-13H,2-9H2,1H3,(H2,16,17,20)/t10?,12-,13-/m1/s1. The van der Waals surface area contributed by atoms with Crippen LogP contribution in [0.3, 0.4) is 0 Å². The highest BCUT2D eigenvalue weighted by atomic mass is 16.5. The molecule has 3 atom stereocenters. The number of rotatable bonds is 5. The Hall–Kier alpha value is -1.30. The minimum absolute atomic E-state index is 0.114. The molecule has 2 saturated carbocycles. The number of hydrogen-bond acceptors (Lipinski definition) is 3. The Morgan fingerprint density at radius 1 is 1.33 bits per heavy atom. The van der Waals surface area contributed by atoms with Gasteiger partial charge < -0.3 is 20.3 Å². The van der Waals surface area contributed by atoms with Crippen LogP contribution < -0.4 is 10.6 Å². The van der Waals surface area contributed by atoms with E-state index in [0.29, 0.717) is 19.0 Å². The van der Waals surface area contributed by atoms with E-state index in [4.69, 9.17) is 4.74 Å². The number of urea groups is 1. The second-order valence-electron chi connectivity index (χ2n) is 6.51. The summed E-state index contributed by atoms with van der Waals surface area (Å²) >= 11 is 0. The van der Waals surface area contributed by atoms with E-state index in [-0.39, 0.29) is 30.0 Å². The molecule has 0 spiro atoms. The molecule has 0 radical (unpaired) electrons. The Morgan fingerprint density at radius 2 is 2.14 bits per heavy atom. The summed E-state index contributed by atoms with van der Waals surface area (Å²) in [6, 6.07) is 0.460. The number of amides is 3. The average molecular weight is 295 g/mol. The molecule has 0 aromatic heterocycles. The van der Waals surface area contributed by atoms with E-state index < -0.39 is 0 Å². The summed E-state index contributed by atoms with van der Waals surface area (Å²) in [4.78, 5) is 25.8. The topological polar surface area (TPSA) is 70.7 Å². The zero-order valence-corrected chi connectivity index (χ0v) is 12.6. The van der Waals surface area contributed by atoms with Gasteiger partial charge in [0.2, 0.25) is 5.91 Å². The largest absolute Gasteiger partial charge is 0.379 e. The molecule has 3 fully saturated rings. The Labute approximate surface area is 125 Å². The fourth-order valence-electron chi connectivity index (χ4n) is 3.51. The average Bonchev–Trinajstić information content (AvgIpc) is 3.10. The predicted octanol–water partition coefficient (Wildman–Crippen LogP) is 0.864. The van der Waals surface area contributed by atoms with Crippen LogP contribution in [0, 0.1) is 5.92 Å². The first-order valence-electron chi connectivity index (χ1n) is 8.04. The Kier molecular flexibility index (Phi) is 4.33. The molecule has 3 amide bonds. The molecule has 2 N–H and O–H groups in total. The smallest absolute Gasteiger partial charge is 0.315 e. The number of carbonyl (C=O) groups excluding carboxylic acids is 2. The number of hydrogen-bond donors (Lipinski definition) is 2. The normalized spacial score (nSPS) is 32.5. The third-order valence-corrected chi connectivity index (χ3v) is 4.85. The van der Waals surface area contributed by atoms with Gasteiger partial charge in [0.25, 0.3) is 0 Å². The highest BCUT2D eigenvalue weighted by molar-refractivity contribution is 5.79. The maximum Gasteiger partial charge on any atom is 0.315 e. The highest BCUT2D eigenvalue weighted by Crippen LogP contribution is 2.32. The number of carbonyl (C=O) groups is 2. The van der Waals surface area contributed by atoms with Gasteiger partial charge in [-0.2, -0.15) is 0 Å². The van der Waals surface area contributed by atoms with E-state index >= 15 is 0 Å². The number of likely N-dealkylation sites (tertiary alicyclic amines) is 1. The molecule has 1 aliphatic heterocycles. The van der Waals surface area contributed by atoms with E-state index in [1.807, 2.05) is 4.90 Å². The molecular weight excluding hydrogens is 270 g/mol. The van der Waals surface area contributed by atoms with Gasteiger partial charge in [-0.1, -0.05) is 0 Å². The van der Waals surface area contributed by atoms with Gasteiger partial charge in [-0.3, -0.25) is 4.79 Å². The lowest BCUT2D eigenvalue weighted by Crippen LogP contribution is -2.47. The lowest BCUT2D eigenvalue weighted by Gasteiger charge is -2.20. The van der Waals surface area contributed by atoms with E-state index in [1.54, 1.807) is 7.11 Å². The van der Waals surface area contributed by atoms with Crippen LogP contribution in [0.4, 0.5) is 4.79 Å². The number of methoxy groups -OCH3 is 1. The van der Waals surface area contributed by atoms with Crippen molar-refractivity contribution in [3.63, 3.8) is 0 Å². The van der Waals surface area contributed by atoms with Gasteiger partial charge in [-0.25, -0.2) is 4.79 Å². The SMILES string of the molecule is CO[C@@H]1CCC[C@H]1NC(=O)NCC1CC(=O)N(C2CC2)C1. The molecule has 0 bridgehead atoms. The molecule has 1 unspecified atom stereocenters. The predicted molar refractivity (Wildman–Crippen MR) is 77.8 cm³/mol. The minimum atomic E-state index is -0.138. The molecule has 2 aliphatic carbocycles. The Balaban J connectivity index is 1.39. The molecule has 0 aromatic carbocycles. The summed E-state index contributed by atoms with van der Waals surface area (Å²) in [5.74, 6) is 0.505. The van der Waals surface area contributed by atoms with Gasteiger partial charge in [-0.15, -0.1) is 0 Å². The lowest BCUT2D eigenvalue weighted by molar-refractivity contribution is -0.128. The van der Waals surface area contributed by atoms with E-state index in [0.717, 1.165) is 38.6 Å². The summed E-state index contributed by atoms with van der Waals surface area (Å²) in [6.07, 6.45) is 6.07. The van der Waals surface area contributed by atoms with Crippen LogP contribution in [-0.2, 0) is 9.53 Å². The summed E-state index contributed by atoms with van der Waals surface area (Å²) in [7, 11) is 1.69. The van der Waals surface area contributed by atoms with Crippen LogP contribution >= 0.6 is 0 Å². The molecule has 6 heteroatoms. The molecule has 21 heavy (non-hydrogen) atoms. The van der Waals surface area contributed by atoms with Crippen molar-refractivity contribution in [1.82, 2.24) is 15.5 Å². The van der Waals surface area contributed by atoms with Gasteiger partial charge in [0.05, 0.1) is 12.1 Å². The van der Waals surface area contributed by atoms with Gasteiger partial charge in [0.1, 0.15) is 0 Å². The van der Waals surface area contributed by atoms with Crippen molar-refractivity contribution >= 4 is 11.9 Å². The number of nitrogens with one attached hydrogen (secondary N) is 2. The lowest BCUT2D eigenvalue weighted by atomic mass is 10.1. The van der Waals surface area contributed by atoms with Crippen LogP contribution in [0.1, 0.15) is 38.5 Å². The molecular formula is C15H25N3O3. The van der Waals surface area contributed by atoms with E-state index in [1.165, 1.54) is 0 Å². The van der Waals surface area contributed by atoms with Crippen molar-refractivity contribution < 1.29 is 14.3 Å². The third kappa shape index (κ3) is 3.48. The van der Waals surface area contributed by atoms with Crippen LogP contribution in [0.2, 0.25) is 0 Å². The van der Waals surface area contributed by atoms with Crippen molar-refractivity contribution in [2.75, 3.05) is 20.2 Å². The van der Waals surface area contributed by atoms with Crippen LogP contribution in [-0.4, -0.2) is 55.2 Å². The molecule has 3 aliphatic rings. The fraction of sp³-hybridized carbons (Fsp3) is 0.867. The zero-order valence-electron chi connectivity index (χ0n) is 12.6. The first-order valence-corrected chi connectivity index (χ1v) is 8.04. The molecule has 118 valence electrons. The summed E-state index contributed by atoms with van der Waals surface area (Å²) in [5, 5.41) is 5.90. The van der Waals surface area contributed by atoms with Crippen molar-refractivity contribution in [2.45, 2.75) is 56.7 Å². The van der Waals surface area contributed by atoms with Gasteiger partial charge >= 0.3 is 6.03 Å². The van der Waals surface area contributed by atoms with Gasteiger partial charge in [-0.05, 0) is 32.1 Å². The minimum Gasteiger partial charge on any atom is -0.379 e. The van der Waals surface area contributed by atoms with E-state index in [9.17, 15) is 9.59 Å². The van der Waals surface area contributed by atoms with Crippen molar-refractivity contribution in [2.24, 2.45) is 5.92 Å². The second kappa shape index (κ2) is 6.22. The van der Waals surface area contributed by atoms with Crippen molar-refractivity contribution in [3.05, 3.63) is 0 Å². The molecule has 6 nitrogen and oxygen atoms in total. The summed E-state index contributed by atoms with van der Waals surface area (Å²) in [6.45, 7) is 1.37. The van der Waals surface area contributed by atoms with Gasteiger partial charge in [0, 0.05) is 38.6 Å². The van der Waals surface area contributed by atoms with Crippen LogP contribution in [0.5, 0.6) is 0 Å². The van der Waals surface area contributed by atoms with Crippen LogP contribution in [0.15, 0.2) is 0 Å². The monoisotopic (exact) mass is 295 g/mol.